The molecule has 0 unspecified atom stereocenters. The van der Waals surface area contributed by atoms with Gasteiger partial charge in [0.25, 0.3) is 0 Å². The lowest BCUT2D eigenvalue weighted by Gasteiger charge is -2.00. The van der Waals surface area contributed by atoms with E-state index in [9.17, 15) is 4.79 Å². The summed E-state index contributed by atoms with van der Waals surface area (Å²) in [5, 5.41) is 0. The first-order valence-corrected chi connectivity index (χ1v) is 5.29. The number of rotatable bonds is 2. The third-order valence-electron chi connectivity index (χ3n) is 2.81. The van der Waals surface area contributed by atoms with Crippen molar-refractivity contribution in [3.8, 4) is 0 Å². The fourth-order valence-corrected chi connectivity index (χ4v) is 2.02. The summed E-state index contributed by atoms with van der Waals surface area (Å²) < 4.78 is 0. The summed E-state index contributed by atoms with van der Waals surface area (Å²) in [7, 11) is 0. The van der Waals surface area contributed by atoms with Crippen molar-refractivity contribution >= 4 is 11.5 Å². The van der Waals surface area contributed by atoms with Gasteiger partial charge in [-0.15, -0.1) is 0 Å². The lowest BCUT2D eigenvalue weighted by molar-refractivity contribution is 0.103. The minimum atomic E-state index is 0.115. The van der Waals surface area contributed by atoms with Gasteiger partial charge >= 0.3 is 0 Å². The van der Waals surface area contributed by atoms with Crippen molar-refractivity contribution in [3.05, 3.63) is 40.5 Å². The van der Waals surface area contributed by atoms with Crippen LogP contribution in [0.2, 0.25) is 0 Å². The van der Waals surface area contributed by atoms with Gasteiger partial charge in [-0.3, -0.25) is 4.79 Å². The van der Waals surface area contributed by atoms with Crippen LogP contribution in [0.4, 0.5) is 0 Å². The SMILES string of the molecule is CCCC1=C(N)c2cc(C)ccc2C1=O. The third-order valence-corrected chi connectivity index (χ3v) is 2.81. The number of aryl methyl sites for hydroxylation is 1. The van der Waals surface area contributed by atoms with E-state index >= 15 is 0 Å². The molecule has 0 atom stereocenters. The maximum absolute atomic E-state index is 12.0. The molecule has 78 valence electrons. The van der Waals surface area contributed by atoms with Gasteiger partial charge in [0.1, 0.15) is 0 Å². The van der Waals surface area contributed by atoms with E-state index in [0.29, 0.717) is 5.70 Å². The first-order chi connectivity index (χ1) is 7.15. The van der Waals surface area contributed by atoms with Crippen LogP contribution in [0.3, 0.4) is 0 Å². The molecule has 2 heteroatoms. The predicted octanol–water partition coefficient (Wildman–Crippen LogP) is 2.66. The number of carbonyl (C=O) groups is 1. The molecule has 15 heavy (non-hydrogen) atoms. The number of allylic oxidation sites excluding steroid dienone is 1. The van der Waals surface area contributed by atoms with Gasteiger partial charge < -0.3 is 5.73 Å². The zero-order valence-electron chi connectivity index (χ0n) is 9.13. The molecule has 1 aliphatic rings. The third kappa shape index (κ3) is 1.46. The van der Waals surface area contributed by atoms with Crippen LogP contribution >= 0.6 is 0 Å². The average Bonchev–Trinajstić information content (AvgIpc) is 2.44. The van der Waals surface area contributed by atoms with Crippen LogP contribution in [-0.4, -0.2) is 5.78 Å². The Hall–Kier alpha value is -1.57. The Morgan fingerprint density at radius 1 is 1.27 bits per heavy atom. The number of hydrogen-bond acceptors (Lipinski definition) is 2. The van der Waals surface area contributed by atoms with Gasteiger partial charge in [-0.2, -0.15) is 0 Å². The molecule has 0 fully saturated rings. The van der Waals surface area contributed by atoms with Gasteiger partial charge in [0.15, 0.2) is 5.78 Å². The molecule has 1 aromatic carbocycles. The van der Waals surface area contributed by atoms with Crippen molar-refractivity contribution < 1.29 is 4.79 Å². The van der Waals surface area contributed by atoms with Crippen LogP contribution in [-0.2, 0) is 0 Å². The van der Waals surface area contributed by atoms with E-state index < -0.39 is 0 Å². The van der Waals surface area contributed by atoms with Gasteiger partial charge in [0, 0.05) is 22.4 Å². The monoisotopic (exact) mass is 201 g/mol. The first-order valence-electron chi connectivity index (χ1n) is 5.29. The average molecular weight is 201 g/mol. The second-order valence-corrected chi connectivity index (χ2v) is 4.02. The zero-order chi connectivity index (χ0) is 11.0. The fraction of sp³-hybridized carbons (Fsp3) is 0.308. The van der Waals surface area contributed by atoms with E-state index in [1.807, 2.05) is 25.1 Å². The van der Waals surface area contributed by atoms with Crippen molar-refractivity contribution in [1.29, 1.82) is 0 Å². The summed E-state index contributed by atoms with van der Waals surface area (Å²) in [5.41, 5.74) is 10.3. The maximum Gasteiger partial charge on any atom is 0.191 e. The Kier molecular flexibility index (Phi) is 2.35. The van der Waals surface area contributed by atoms with Crippen molar-refractivity contribution in [2.24, 2.45) is 5.73 Å². The summed E-state index contributed by atoms with van der Waals surface area (Å²) in [6.45, 7) is 4.07. The molecule has 2 N–H and O–H groups in total. The second-order valence-electron chi connectivity index (χ2n) is 4.02. The van der Waals surface area contributed by atoms with Gasteiger partial charge in [0.2, 0.25) is 0 Å². The van der Waals surface area contributed by atoms with Crippen LogP contribution in [0, 0.1) is 6.92 Å². The van der Waals surface area contributed by atoms with E-state index in [1.165, 1.54) is 0 Å². The highest BCUT2D eigenvalue weighted by molar-refractivity contribution is 6.20. The molecule has 0 heterocycles. The molecule has 0 radical (unpaired) electrons. The molecule has 0 saturated carbocycles. The number of benzene rings is 1. The second kappa shape index (κ2) is 3.54. The Morgan fingerprint density at radius 3 is 2.67 bits per heavy atom. The molecule has 1 aliphatic carbocycles. The van der Waals surface area contributed by atoms with E-state index in [0.717, 1.165) is 35.1 Å². The quantitative estimate of drug-likeness (QED) is 0.799. The molecule has 0 amide bonds. The van der Waals surface area contributed by atoms with Crippen molar-refractivity contribution in [1.82, 2.24) is 0 Å². The summed E-state index contributed by atoms with van der Waals surface area (Å²) in [5.74, 6) is 0.115. The van der Waals surface area contributed by atoms with Gasteiger partial charge in [-0.05, 0) is 19.4 Å². The highest BCUT2D eigenvalue weighted by atomic mass is 16.1. The fourth-order valence-electron chi connectivity index (χ4n) is 2.02. The summed E-state index contributed by atoms with van der Waals surface area (Å²) in [4.78, 5) is 12.0. The minimum absolute atomic E-state index is 0.115. The maximum atomic E-state index is 12.0. The van der Waals surface area contributed by atoms with E-state index in [4.69, 9.17) is 5.73 Å². The molecule has 0 bridgehead atoms. The molecule has 1 aromatic rings. The molecular weight excluding hydrogens is 186 g/mol. The largest absolute Gasteiger partial charge is 0.398 e. The number of ketones is 1. The standard InChI is InChI=1S/C13H15NO/c1-3-4-10-12(14)11-7-8(2)5-6-9(11)13(10)15/h5-7H,3-4,14H2,1-2H3. The normalized spacial score (nSPS) is 14.7. The highest BCUT2D eigenvalue weighted by Crippen LogP contribution is 2.32. The number of carbonyl (C=O) groups excluding carboxylic acids is 1. The van der Waals surface area contributed by atoms with Crippen LogP contribution in [0.15, 0.2) is 23.8 Å². The first kappa shape index (κ1) is 9.97. The lowest BCUT2D eigenvalue weighted by atomic mass is 10.0. The molecule has 0 spiro atoms. The van der Waals surface area contributed by atoms with Gasteiger partial charge in [-0.1, -0.05) is 31.0 Å². The van der Waals surface area contributed by atoms with E-state index in [-0.39, 0.29) is 5.78 Å². The van der Waals surface area contributed by atoms with Crippen molar-refractivity contribution in [2.75, 3.05) is 0 Å². The number of hydrogen-bond donors (Lipinski definition) is 1. The topological polar surface area (TPSA) is 43.1 Å². The van der Waals surface area contributed by atoms with Crippen LogP contribution in [0.5, 0.6) is 0 Å². The summed E-state index contributed by atoms with van der Waals surface area (Å²) in [6.07, 6.45) is 1.73. The van der Waals surface area contributed by atoms with Crippen molar-refractivity contribution in [3.63, 3.8) is 0 Å². The Balaban J connectivity index is 2.54. The van der Waals surface area contributed by atoms with E-state index in [1.54, 1.807) is 0 Å². The molecule has 2 rings (SSSR count). The molecule has 0 aliphatic heterocycles. The van der Waals surface area contributed by atoms with Crippen molar-refractivity contribution in [2.45, 2.75) is 26.7 Å². The zero-order valence-corrected chi connectivity index (χ0v) is 9.13. The summed E-state index contributed by atoms with van der Waals surface area (Å²) >= 11 is 0. The molecule has 2 nitrogen and oxygen atoms in total. The van der Waals surface area contributed by atoms with Crippen LogP contribution in [0.25, 0.3) is 5.70 Å². The van der Waals surface area contributed by atoms with Crippen LogP contribution in [0.1, 0.15) is 41.3 Å². The molecule has 0 aromatic heterocycles. The smallest absolute Gasteiger partial charge is 0.191 e. The van der Waals surface area contributed by atoms with Crippen LogP contribution < -0.4 is 5.73 Å². The minimum Gasteiger partial charge on any atom is -0.398 e. The highest BCUT2D eigenvalue weighted by Gasteiger charge is 2.26. The number of Topliss-reactive ketones (excluding diaryl/α,β-unsaturated/α-hetero) is 1. The predicted molar refractivity (Wildman–Crippen MR) is 61.5 cm³/mol. The Labute approximate surface area is 89.8 Å². The summed E-state index contributed by atoms with van der Waals surface area (Å²) in [6, 6.07) is 5.83. The van der Waals surface area contributed by atoms with Gasteiger partial charge in [0.05, 0.1) is 0 Å². The molecule has 0 saturated heterocycles. The van der Waals surface area contributed by atoms with E-state index in [2.05, 4.69) is 6.92 Å². The Morgan fingerprint density at radius 2 is 2.00 bits per heavy atom. The number of nitrogens with two attached hydrogens (primary N) is 1. The number of fused-ring (bicyclic) bond motifs is 1. The Bertz CT molecular complexity index is 458. The van der Waals surface area contributed by atoms with Gasteiger partial charge in [-0.25, -0.2) is 0 Å². The molecular formula is C13H15NO. The lowest BCUT2D eigenvalue weighted by Crippen LogP contribution is -2.00.